The first-order chi connectivity index (χ1) is 14.1. The lowest BCUT2D eigenvalue weighted by Gasteiger charge is -2.31. The Kier molecular flexibility index (Phi) is 6.13. The molecule has 0 saturated carbocycles. The fraction of sp³-hybridized carbons (Fsp3) is 0.455. The van der Waals surface area contributed by atoms with Gasteiger partial charge in [-0.3, -0.25) is 9.59 Å². The quantitative estimate of drug-likeness (QED) is 0.815. The van der Waals surface area contributed by atoms with Crippen LogP contribution in [0.2, 0.25) is 0 Å². The summed E-state index contributed by atoms with van der Waals surface area (Å²) in [5, 5.41) is 5.03. The van der Waals surface area contributed by atoms with Gasteiger partial charge in [-0.05, 0) is 60.9 Å². The maximum absolute atomic E-state index is 13.1. The molecule has 1 atom stereocenters. The van der Waals surface area contributed by atoms with E-state index in [1.165, 1.54) is 23.5 Å². The summed E-state index contributed by atoms with van der Waals surface area (Å²) in [6, 6.07) is 10.3. The molecule has 3 heterocycles. The number of halogens is 1. The van der Waals surface area contributed by atoms with Gasteiger partial charge in [0.2, 0.25) is 5.91 Å². The summed E-state index contributed by atoms with van der Waals surface area (Å²) in [6.45, 7) is 3.74. The standard InChI is InChI=1S/C22H26FN3O2S/c23-18-3-5-19(6-4-18)26-10-7-16(15-26)14-24-21(27)17-8-11-25(12-9-17)22(28)20-2-1-13-29-20/h1-6,13,16-17H,7-12,14-15H2,(H,24,27). The van der Waals surface area contributed by atoms with Gasteiger partial charge in [0.05, 0.1) is 4.88 Å². The van der Waals surface area contributed by atoms with Gasteiger partial charge in [0.15, 0.2) is 0 Å². The number of hydrogen-bond donors (Lipinski definition) is 1. The Morgan fingerprint density at radius 3 is 2.52 bits per heavy atom. The number of thiophene rings is 1. The number of carbonyl (C=O) groups excluding carboxylic acids is 2. The lowest BCUT2D eigenvalue weighted by atomic mass is 9.95. The summed E-state index contributed by atoms with van der Waals surface area (Å²) in [5.74, 6) is 0.348. The molecule has 2 aliphatic heterocycles. The number of benzene rings is 1. The van der Waals surface area contributed by atoms with E-state index in [4.69, 9.17) is 0 Å². The number of anilines is 1. The van der Waals surface area contributed by atoms with Gasteiger partial charge < -0.3 is 15.1 Å². The molecule has 29 heavy (non-hydrogen) atoms. The Bertz CT molecular complexity index is 832. The van der Waals surface area contributed by atoms with Crippen molar-refractivity contribution in [1.82, 2.24) is 10.2 Å². The largest absolute Gasteiger partial charge is 0.371 e. The number of rotatable bonds is 5. The van der Waals surface area contributed by atoms with Gasteiger partial charge in [-0.25, -0.2) is 4.39 Å². The summed E-state index contributed by atoms with van der Waals surface area (Å²) in [6.07, 6.45) is 2.45. The van der Waals surface area contributed by atoms with Gasteiger partial charge in [0.1, 0.15) is 5.82 Å². The predicted molar refractivity (Wildman–Crippen MR) is 113 cm³/mol. The van der Waals surface area contributed by atoms with E-state index in [0.717, 1.165) is 42.9 Å². The van der Waals surface area contributed by atoms with E-state index in [1.54, 1.807) is 0 Å². The van der Waals surface area contributed by atoms with Crippen LogP contribution in [0.15, 0.2) is 41.8 Å². The van der Waals surface area contributed by atoms with Crippen molar-refractivity contribution in [3.63, 3.8) is 0 Å². The second kappa shape index (κ2) is 8.95. The molecule has 0 radical (unpaired) electrons. The van der Waals surface area contributed by atoms with Gasteiger partial charge >= 0.3 is 0 Å². The summed E-state index contributed by atoms with van der Waals surface area (Å²) < 4.78 is 13.1. The molecule has 2 saturated heterocycles. The Morgan fingerprint density at radius 2 is 1.83 bits per heavy atom. The van der Waals surface area contributed by atoms with E-state index in [1.807, 2.05) is 34.5 Å². The Balaban J connectivity index is 1.20. The number of piperidine rings is 1. The topological polar surface area (TPSA) is 52.7 Å². The molecule has 1 aromatic heterocycles. The van der Waals surface area contributed by atoms with E-state index in [9.17, 15) is 14.0 Å². The average molecular weight is 416 g/mol. The highest BCUT2D eigenvalue weighted by Gasteiger charge is 2.29. The van der Waals surface area contributed by atoms with E-state index in [-0.39, 0.29) is 23.5 Å². The van der Waals surface area contributed by atoms with Crippen molar-refractivity contribution in [2.75, 3.05) is 37.6 Å². The molecule has 1 aromatic carbocycles. The molecule has 5 nitrogen and oxygen atoms in total. The molecule has 2 aromatic rings. The molecule has 2 amide bonds. The normalized spacial score (nSPS) is 20.1. The SMILES string of the molecule is O=C(NCC1CCN(c2ccc(F)cc2)C1)C1CCN(C(=O)c2cccs2)CC1. The third-order valence-corrected chi connectivity index (χ3v) is 6.79. The molecule has 4 rings (SSSR count). The van der Waals surface area contributed by atoms with Crippen molar-refractivity contribution in [3.05, 3.63) is 52.5 Å². The highest BCUT2D eigenvalue weighted by atomic mass is 32.1. The van der Waals surface area contributed by atoms with Gasteiger partial charge in [-0.2, -0.15) is 0 Å². The van der Waals surface area contributed by atoms with Crippen LogP contribution in [0, 0.1) is 17.7 Å². The second-order valence-electron chi connectivity index (χ2n) is 7.87. The van der Waals surface area contributed by atoms with Gasteiger partial charge in [0.25, 0.3) is 5.91 Å². The zero-order valence-electron chi connectivity index (χ0n) is 16.4. The monoisotopic (exact) mass is 415 g/mol. The second-order valence-corrected chi connectivity index (χ2v) is 8.81. The summed E-state index contributed by atoms with van der Waals surface area (Å²) >= 11 is 1.46. The maximum atomic E-state index is 13.1. The fourth-order valence-corrected chi connectivity index (χ4v) is 4.87. The van der Waals surface area contributed by atoms with Crippen molar-refractivity contribution in [2.24, 2.45) is 11.8 Å². The van der Waals surface area contributed by atoms with Crippen molar-refractivity contribution >= 4 is 28.8 Å². The molecule has 2 fully saturated rings. The van der Waals surface area contributed by atoms with Crippen LogP contribution in [0.3, 0.4) is 0 Å². The lowest BCUT2D eigenvalue weighted by molar-refractivity contribution is -0.126. The molecule has 1 unspecified atom stereocenters. The van der Waals surface area contributed by atoms with Crippen LogP contribution in [0.25, 0.3) is 0 Å². The summed E-state index contributed by atoms with van der Waals surface area (Å²) in [5.41, 5.74) is 1.03. The minimum absolute atomic E-state index is 0.0167. The van der Waals surface area contributed by atoms with Crippen LogP contribution in [0.1, 0.15) is 28.9 Å². The number of amides is 2. The van der Waals surface area contributed by atoms with Crippen molar-refractivity contribution in [2.45, 2.75) is 19.3 Å². The minimum atomic E-state index is -0.222. The predicted octanol–water partition coefficient (Wildman–Crippen LogP) is 3.38. The van der Waals surface area contributed by atoms with E-state index < -0.39 is 0 Å². The maximum Gasteiger partial charge on any atom is 0.263 e. The smallest absolute Gasteiger partial charge is 0.263 e. The van der Waals surface area contributed by atoms with E-state index in [0.29, 0.717) is 25.6 Å². The third kappa shape index (κ3) is 4.78. The summed E-state index contributed by atoms with van der Waals surface area (Å²) in [4.78, 5) is 29.9. The van der Waals surface area contributed by atoms with E-state index >= 15 is 0 Å². The molecule has 2 aliphatic rings. The fourth-order valence-electron chi connectivity index (χ4n) is 4.18. The van der Waals surface area contributed by atoms with Gasteiger partial charge in [0, 0.05) is 44.3 Å². The molecular formula is C22H26FN3O2S. The molecule has 0 aliphatic carbocycles. The number of nitrogens with zero attached hydrogens (tertiary/aromatic N) is 2. The van der Waals surface area contributed by atoms with Crippen molar-refractivity contribution in [1.29, 1.82) is 0 Å². The van der Waals surface area contributed by atoms with Crippen LogP contribution in [0.5, 0.6) is 0 Å². The first kappa shape index (κ1) is 19.9. The van der Waals surface area contributed by atoms with Crippen LogP contribution < -0.4 is 10.2 Å². The number of hydrogen-bond acceptors (Lipinski definition) is 4. The molecule has 7 heteroatoms. The average Bonchev–Trinajstić information content (AvgIpc) is 3.44. The van der Waals surface area contributed by atoms with Crippen LogP contribution in [-0.4, -0.2) is 49.4 Å². The number of nitrogens with one attached hydrogen (secondary N) is 1. The first-order valence-electron chi connectivity index (χ1n) is 10.2. The van der Waals surface area contributed by atoms with Gasteiger partial charge in [-0.15, -0.1) is 11.3 Å². The Hall–Kier alpha value is -2.41. The summed E-state index contributed by atoms with van der Waals surface area (Å²) in [7, 11) is 0. The van der Waals surface area contributed by atoms with Crippen molar-refractivity contribution in [3.8, 4) is 0 Å². The molecule has 154 valence electrons. The third-order valence-electron chi connectivity index (χ3n) is 5.93. The van der Waals surface area contributed by atoms with Gasteiger partial charge in [-0.1, -0.05) is 6.07 Å². The Morgan fingerprint density at radius 1 is 1.07 bits per heavy atom. The molecular weight excluding hydrogens is 389 g/mol. The molecule has 1 N–H and O–H groups in total. The first-order valence-corrected chi connectivity index (χ1v) is 11.1. The lowest BCUT2D eigenvalue weighted by Crippen LogP contribution is -2.43. The van der Waals surface area contributed by atoms with Crippen LogP contribution in [-0.2, 0) is 4.79 Å². The van der Waals surface area contributed by atoms with Crippen LogP contribution in [0.4, 0.5) is 10.1 Å². The van der Waals surface area contributed by atoms with Crippen molar-refractivity contribution < 1.29 is 14.0 Å². The highest BCUT2D eigenvalue weighted by molar-refractivity contribution is 7.12. The van der Waals surface area contributed by atoms with Crippen LogP contribution >= 0.6 is 11.3 Å². The minimum Gasteiger partial charge on any atom is -0.371 e. The zero-order valence-corrected chi connectivity index (χ0v) is 17.2. The van der Waals surface area contributed by atoms with E-state index in [2.05, 4.69) is 10.2 Å². The number of likely N-dealkylation sites (tertiary alicyclic amines) is 1. The highest BCUT2D eigenvalue weighted by Crippen LogP contribution is 2.24. The molecule has 0 spiro atoms. The molecule has 0 bridgehead atoms. The zero-order chi connectivity index (χ0) is 20.2. The number of carbonyl (C=O) groups is 2. The Labute approximate surface area is 174 Å².